The number of methoxy groups -OCH3 is 2. The van der Waals surface area contributed by atoms with Crippen LogP contribution in [0.1, 0.15) is 44.1 Å². The van der Waals surface area contributed by atoms with Crippen LogP contribution in [0.3, 0.4) is 0 Å². The monoisotopic (exact) mass is 429 g/mol. The van der Waals surface area contributed by atoms with Gasteiger partial charge in [-0.15, -0.1) is 0 Å². The molecule has 0 aliphatic carbocycles. The van der Waals surface area contributed by atoms with Gasteiger partial charge in [0.2, 0.25) is 0 Å². The van der Waals surface area contributed by atoms with Crippen LogP contribution in [0.4, 0.5) is 0 Å². The quantitative estimate of drug-likeness (QED) is 0.440. The smallest absolute Gasteiger partial charge is 0.326 e. The number of esters is 3. The number of hydrogen-bond acceptors (Lipinski definition) is 8. The van der Waals surface area contributed by atoms with Gasteiger partial charge in [0.05, 0.1) is 32.4 Å². The van der Waals surface area contributed by atoms with Gasteiger partial charge in [-0.1, -0.05) is 30.3 Å². The van der Waals surface area contributed by atoms with Crippen molar-refractivity contribution in [1.29, 1.82) is 0 Å². The third kappa shape index (κ3) is 3.95. The SMILES string of the molecule is COC(=O)C1(C(=O)OC)[C@@H](c2ccccc2)N[C@@H](C(=O)OC(C)(C)C)[C@@H]1c1ccco1. The molecule has 8 heteroatoms. The normalized spacial score (nSPS) is 22.5. The van der Waals surface area contributed by atoms with Crippen LogP contribution in [0.15, 0.2) is 53.1 Å². The first kappa shape index (κ1) is 22.6. The van der Waals surface area contributed by atoms with Crippen LogP contribution in [0.2, 0.25) is 0 Å². The molecule has 2 aromatic rings. The number of rotatable bonds is 5. The van der Waals surface area contributed by atoms with Gasteiger partial charge in [0.1, 0.15) is 17.4 Å². The number of ether oxygens (including phenoxy) is 3. The Morgan fingerprint density at radius 3 is 2.06 bits per heavy atom. The summed E-state index contributed by atoms with van der Waals surface area (Å²) in [5, 5.41) is 3.15. The molecule has 1 aromatic carbocycles. The molecule has 166 valence electrons. The van der Waals surface area contributed by atoms with E-state index < -0.39 is 46.9 Å². The Morgan fingerprint density at radius 2 is 1.58 bits per heavy atom. The van der Waals surface area contributed by atoms with Crippen LogP contribution in [-0.2, 0) is 28.6 Å². The summed E-state index contributed by atoms with van der Waals surface area (Å²) < 4.78 is 21.4. The minimum absolute atomic E-state index is 0.262. The summed E-state index contributed by atoms with van der Waals surface area (Å²) >= 11 is 0. The maximum Gasteiger partial charge on any atom is 0.326 e. The summed E-state index contributed by atoms with van der Waals surface area (Å²) in [6.45, 7) is 5.22. The molecule has 0 radical (unpaired) electrons. The molecule has 0 bridgehead atoms. The molecule has 0 amide bonds. The summed E-state index contributed by atoms with van der Waals surface area (Å²) in [5.74, 6) is -3.11. The molecule has 3 rings (SSSR count). The molecule has 3 atom stereocenters. The Balaban J connectivity index is 2.27. The fraction of sp³-hybridized carbons (Fsp3) is 0.435. The zero-order chi connectivity index (χ0) is 22.8. The van der Waals surface area contributed by atoms with Gasteiger partial charge < -0.3 is 18.6 Å². The standard InChI is InChI=1S/C23H27NO7/c1-22(2,3)31-19(25)17-16(15-12-9-13-30-15)23(20(26)28-4,21(27)29-5)18(24-17)14-10-7-6-8-11-14/h6-13,16-18,24H,1-5H3/t16-,17+,18+/m0/s1. The van der Waals surface area contributed by atoms with Gasteiger partial charge >= 0.3 is 17.9 Å². The van der Waals surface area contributed by atoms with Crippen molar-refractivity contribution in [2.45, 2.75) is 44.4 Å². The minimum atomic E-state index is -1.93. The van der Waals surface area contributed by atoms with Crippen LogP contribution in [0.25, 0.3) is 0 Å². The number of carbonyl (C=O) groups is 3. The van der Waals surface area contributed by atoms with Crippen molar-refractivity contribution >= 4 is 17.9 Å². The van der Waals surface area contributed by atoms with Crippen molar-refractivity contribution in [3.8, 4) is 0 Å². The van der Waals surface area contributed by atoms with E-state index >= 15 is 0 Å². The van der Waals surface area contributed by atoms with Gasteiger partial charge in [0, 0.05) is 0 Å². The highest BCUT2D eigenvalue weighted by atomic mass is 16.6. The van der Waals surface area contributed by atoms with Gasteiger partial charge in [0.15, 0.2) is 5.41 Å². The third-order valence-electron chi connectivity index (χ3n) is 5.32. The molecule has 0 spiro atoms. The first-order valence-electron chi connectivity index (χ1n) is 9.91. The highest BCUT2D eigenvalue weighted by molar-refractivity contribution is 6.04. The van der Waals surface area contributed by atoms with Crippen molar-refractivity contribution in [2.75, 3.05) is 14.2 Å². The summed E-state index contributed by atoms with van der Waals surface area (Å²) in [4.78, 5) is 39.9. The lowest BCUT2D eigenvalue weighted by Gasteiger charge is -2.33. The van der Waals surface area contributed by atoms with Crippen LogP contribution in [0, 0.1) is 5.41 Å². The van der Waals surface area contributed by atoms with E-state index in [0.29, 0.717) is 5.56 Å². The zero-order valence-corrected chi connectivity index (χ0v) is 18.2. The average molecular weight is 429 g/mol. The predicted octanol–water partition coefficient (Wildman–Crippen LogP) is 2.75. The van der Waals surface area contributed by atoms with Crippen LogP contribution in [0.5, 0.6) is 0 Å². The highest BCUT2D eigenvalue weighted by Gasteiger charge is 2.70. The van der Waals surface area contributed by atoms with Crippen molar-refractivity contribution < 1.29 is 33.0 Å². The maximum absolute atomic E-state index is 13.3. The second-order valence-electron chi connectivity index (χ2n) is 8.37. The van der Waals surface area contributed by atoms with E-state index in [1.54, 1.807) is 57.2 Å². The maximum atomic E-state index is 13.3. The molecular formula is C23H27NO7. The van der Waals surface area contributed by atoms with E-state index in [4.69, 9.17) is 18.6 Å². The van der Waals surface area contributed by atoms with Gasteiger partial charge in [-0.05, 0) is 38.5 Å². The molecule has 1 aliphatic heterocycles. The molecule has 1 saturated heterocycles. The Bertz CT molecular complexity index is 915. The molecule has 1 fully saturated rings. The van der Waals surface area contributed by atoms with Crippen molar-refractivity contribution in [2.24, 2.45) is 5.41 Å². The molecule has 1 aliphatic rings. The molecule has 0 saturated carbocycles. The Kier molecular flexibility index (Phi) is 6.22. The lowest BCUT2D eigenvalue weighted by atomic mass is 9.68. The molecule has 31 heavy (non-hydrogen) atoms. The van der Waals surface area contributed by atoms with E-state index in [2.05, 4.69) is 5.32 Å². The molecular weight excluding hydrogens is 402 g/mol. The zero-order valence-electron chi connectivity index (χ0n) is 18.2. The van der Waals surface area contributed by atoms with Crippen molar-refractivity contribution in [3.63, 3.8) is 0 Å². The summed E-state index contributed by atoms with van der Waals surface area (Å²) in [6, 6.07) is 10.1. The third-order valence-corrected chi connectivity index (χ3v) is 5.32. The topological polar surface area (TPSA) is 104 Å². The van der Waals surface area contributed by atoms with Crippen molar-refractivity contribution in [1.82, 2.24) is 5.32 Å². The van der Waals surface area contributed by atoms with E-state index in [-0.39, 0.29) is 5.76 Å². The van der Waals surface area contributed by atoms with E-state index in [1.165, 1.54) is 20.5 Å². The molecule has 2 heterocycles. The first-order valence-corrected chi connectivity index (χ1v) is 9.91. The van der Waals surface area contributed by atoms with Crippen LogP contribution >= 0.6 is 0 Å². The van der Waals surface area contributed by atoms with Gasteiger partial charge in [-0.25, -0.2) is 0 Å². The Labute approximate surface area is 180 Å². The molecule has 1 aromatic heterocycles. The fourth-order valence-electron chi connectivity index (χ4n) is 4.19. The van der Waals surface area contributed by atoms with Crippen LogP contribution < -0.4 is 5.32 Å². The molecule has 8 nitrogen and oxygen atoms in total. The minimum Gasteiger partial charge on any atom is -0.469 e. The second-order valence-corrected chi connectivity index (χ2v) is 8.37. The fourth-order valence-corrected chi connectivity index (χ4v) is 4.19. The van der Waals surface area contributed by atoms with E-state index in [9.17, 15) is 14.4 Å². The van der Waals surface area contributed by atoms with Gasteiger partial charge in [0.25, 0.3) is 0 Å². The number of nitrogens with one attached hydrogen (secondary N) is 1. The predicted molar refractivity (Wildman–Crippen MR) is 110 cm³/mol. The number of hydrogen-bond donors (Lipinski definition) is 1. The lowest BCUT2D eigenvalue weighted by Crippen LogP contribution is -2.49. The molecule has 0 unspecified atom stereocenters. The number of furan rings is 1. The number of benzene rings is 1. The van der Waals surface area contributed by atoms with E-state index in [1.807, 2.05) is 6.07 Å². The first-order chi connectivity index (χ1) is 14.7. The van der Waals surface area contributed by atoms with Crippen molar-refractivity contribution in [3.05, 3.63) is 60.1 Å². The highest BCUT2D eigenvalue weighted by Crippen LogP contribution is 2.55. The van der Waals surface area contributed by atoms with Gasteiger partial charge in [-0.2, -0.15) is 0 Å². The van der Waals surface area contributed by atoms with E-state index in [0.717, 1.165) is 0 Å². The largest absolute Gasteiger partial charge is 0.469 e. The summed E-state index contributed by atoms with van der Waals surface area (Å²) in [7, 11) is 2.38. The summed E-state index contributed by atoms with van der Waals surface area (Å²) in [5.41, 5.74) is -2.10. The average Bonchev–Trinajstić information content (AvgIpc) is 3.38. The lowest BCUT2D eigenvalue weighted by molar-refractivity contribution is -0.172. The van der Waals surface area contributed by atoms with Crippen LogP contribution in [-0.4, -0.2) is 43.8 Å². The Morgan fingerprint density at radius 1 is 0.968 bits per heavy atom. The number of carbonyl (C=O) groups excluding carboxylic acids is 3. The van der Waals surface area contributed by atoms with Gasteiger partial charge in [-0.3, -0.25) is 19.7 Å². The second kappa shape index (κ2) is 8.55. The molecule has 1 N–H and O–H groups in total. The summed E-state index contributed by atoms with van der Waals surface area (Å²) in [6.07, 6.45) is 1.41. The Hall–Kier alpha value is -3.13.